The first kappa shape index (κ1) is 12.4. The number of hydrogen-bond acceptors (Lipinski definition) is 1. The summed E-state index contributed by atoms with van der Waals surface area (Å²) in [6.07, 6.45) is 1.86. The van der Waals surface area contributed by atoms with Crippen LogP contribution in [0.2, 0.25) is 0 Å². The molecule has 1 nitrogen and oxygen atoms in total. The lowest BCUT2D eigenvalue weighted by Crippen LogP contribution is -1.83. The Balaban J connectivity index is 1.88. The van der Waals surface area contributed by atoms with Gasteiger partial charge in [0, 0.05) is 12.0 Å². The van der Waals surface area contributed by atoms with E-state index in [1.54, 1.807) is 0 Å². The maximum atomic E-state index is 8.93. The molecule has 0 aliphatic carbocycles. The Labute approximate surface area is 108 Å². The predicted molar refractivity (Wildman–Crippen MR) is 74.0 cm³/mol. The molecule has 18 heavy (non-hydrogen) atoms. The first-order valence-corrected chi connectivity index (χ1v) is 6.11. The highest BCUT2D eigenvalue weighted by molar-refractivity contribution is 5.36. The van der Waals surface area contributed by atoms with Gasteiger partial charge in [-0.2, -0.15) is 0 Å². The van der Waals surface area contributed by atoms with Crippen LogP contribution < -0.4 is 0 Å². The second kappa shape index (κ2) is 6.64. The molecule has 0 heterocycles. The summed E-state index contributed by atoms with van der Waals surface area (Å²) in [6, 6.07) is 18.1. The van der Waals surface area contributed by atoms with E-state index in [0.29, 0.717) is 0 Å². The van der Waals surface area contributed by atoms with Crippen molar-refractivity contribution < 1.29 is 5.11 Å². The van der Waals surface area contributed by atoms with Crippen LogP contribution in [0.4, 0.5) is 0 Å². The average Bonchev–Trinajstić information content (AvgIpc) is 2.45. The lowest BCUT2D eigenvalue weighted by molar-refractivity contribution is 0.282. The zero-order valence-electron chi connectivity index (χ0n) is 10.3. The fourth-order valence-electron chi connectivity index (χ4n) is 1.71. The molecule has 0 saturated heterocycles. The van der Waals surface area contributed by atoms with Gasteiger partial charge in [0.15, 0.2) is 0 Å². The van der Waals surface area contributed by atoms with Gasteiger partial charge in [-0.1, -0.05) is 54.3 Å². The molecule has 1 heteroatoms. The van der Waals surface area contributed by atoms with Gasteiger partial charge in [-0.05, 0) is 29.7 Å². The Bertz CT molecular complexity index is 529. The summed E-state index contributed by atoms with van der Waals surface area (Å²) >= 11 is 0. The van der Waals surface area contributed by atoms with Gasteiger partial charge in [0.05, 0.1) is 6.61 Å². The minimum atomic E-state index is 0.0850. The van der Waals surface area contributed by atoms with E-state index in [9.17, 15) is 0 Å². The summed E-state index contributed by atoms with van der Waals surface area (Å²) in [5.74, 6) is 6.31. The highest BCUT2D eigenvalue weighted by Crippen LogP contribution is 2.04. The summed E-state index contributed by atoms with van der Waals surface area (Å²) in [6.45, 7) is 0.0850. The van der Waals surface area contributed by atoms with Crippen LogP contribution in [-0.4, -0.2) is 5.11 Å². The fourth-order valence-corrected chi connectivity index (χ4v) is 1.71. The van der Waals surface area contributed by atoms with Crippen molar-refractivity contribution in [2.75, 3.05) is 0 Å². The van der Waals surface area contributed by atoms with Crippen LogP contribution in [0.1, 0.15) is 23.1 Å². The first-order valence-electron chi connectivity index (χ1n) is 6.11. The summed E-state index contributed by atoms with van der Waals surface area (Å²) in [5.41, 5.74) is 3.24. The van der Waals surface area contributed by atoms with Gasteiger partial charge >= 0.3 is 0 Å². The molecule has 0 fully saturated rings. The minimum Gasteiger partial charge on any atom is -0.392 e. The second-order valence-corrected chi connectivity index (χ2v) is 4.14. The number of rotatable bonds is 3. The van der Waals surface area contributed by atoms with Crippen molar-refractivity contribution in [3.8, 4) is 11.8 Å². The number of aryl methyl sites for hydroxylation is 1. The SMILES string of the molecule is OCc1ccc(C#CCCc2ccccc2)cc1. The lowest BCUT2D eigenvalue weighted by atomic mass is 10.1. The zero-order chi connectivity index (χ0) is 12.6. The van der Waals surface area contributed by atoms with Crippen LogP contribution in [0, 0.1) is 11.8 Å². The number of benzene rings is 2. The Kier molecular flexibility index (Phi) is 4.58. The molecule has 0 aliphatic rings. The third-order valence-electron chi connectivity index (χ3n) is 2.75. The first-order chi connectivity index (χ1) is 8.88. The normalized spacial score (nSPS) is 9.61. The molecule has 0 unspecified atom stereocenters. The van der Waals surface area contributed by atoms with Gasteiger partial charge in [-0.25, -0.2) is 0 Å². The van der Waals surface area contributed by atoms with Gasteiger partial charge < -0.3 is 5.11 Å². The monoisotopic (exact) mass is 236 g/mol. The van der Waals surface area contributed by atoms with Crippen molar-refractivity contribution in [2.24, 2.45) is 0 Å². The third kappa shape index (κ3) is 3.76. The molecule has 0 bridgehead atoms. The molecule has 0 atom stereocenters. The van der Waals surface area contributed by atoms with Gasteiger partial charge in [0.2, 0.25) is 0 Å². The molecule has 2 aromatic rings. The Hall–Kier alpha value is -2.04. The molecule has 1 N–H and O–H groups in total. The maximum Gasteiger partial charge on any atom is 0.0681 e. The van der Waals surface area contributed by atoms with E-state index < -0.39 is 0 Å². The summed E-state index contributed by atoms with van der Waals surface area (Å²) in [5, 5.41) is 8.93. The van der Waals surface area contributed by atoms with E-state index in [1.807, 2.05) is 30.3 Å². The molecule has 0 aliphatic heterocycles. The molecule has 0 amide bonds. The van der Waals surface area contributed by atoms with E-state index in [4.69, 9.17) is 5.11 Å². The van der Waals surface area contributed by atoms with Crippen LogP contribution in [0.15, 0.2) is 54.6 Å². The molecule has 0 spiro atoms. The van der Waals surface area contributed by atoms with E-state index in [0.717, 1.165) is 24.0 Å². The topological polar surface area (TPSA) is 20.2 Å². The summed E-state index contributed by atoms with van der Waals surface area (Å²) in [7, 11) is 0. The fraction of sp³-hybridized carbons (Fsp3) is 0.176. The van der Waals surface area contributed by atoms with Gasteiger partial charge in [-0.15, -0.1) is 0 Å². The van der Waals surface area contributed by atoms with E-state index in [2.05, 4.69) is 36.1 Å². The quantitative estimate of drug-likeness (QED) is 0.812. The summed E-state index contributed by atoms with van der Waals surface area (Å²) in [4.78, 5) is 0. The van der Waals surface area contributed by atoms with Crippen molar-refractivity contribution in [3.63, 3.8) is 0 Å². The molecular weight excluding hydrogens is 220 g/mol. The van der Waals surface area contributed by atoms with Crippen molar-refractivity contribution in [2.45, 2.75) is 19.4 Å². The molecule has 0 saturated carbocycles. The molecule has 90 valence electrons. The average molecular weight is 236 g/mol. The van der Waals surface area contributed by atoms with Crippen LogP contribution in [-0.2, 0) is 13.0 Å². The number of aliphatic hydroxyl groups excluding tert-OH is 1. The minimum absolute atomic E-state index is 0.0850. The summed E-state index contributed by atoms with van der Waals surface area (Å²) < 4.78 is 0. The number of aliphatic hydroxyl groups is 1. The lowest BCUT2D eigenvalue weighted by Gasteiger charge is -1.96. The van der Waals surface area contributed by atoms with Crippen LogP contribution in [0.25, 0.3) is 0 Å². The van der Waals surface area contributed by atoms with Crippen LogP contribution in [0.3, 0.4) is 0 Å². The third-order valence-corrected chi connectivity index (χ3v) is 2.75. The Morgan fingerprint density at radius 2 is 1.56 bits per heavy atom. The second-order valence-electron chi connectivity index (χ2n) is 4.14. The highest BCUT2D eigenvalue weighted by Gasteiger charge is 1.90. The largest absolute Gasteiger partial charge is 0.392 e. The standard InChI is InChI=1S/C17H16O/c18-14-17-12-10-16(11-13-17)9-5-4-8-15-6-2-1-3-7-15/h1-3,6-7,10-13,18H,4,8,14H2. The maximum absolute atomic E-state index is 8.93. The molecular formula is C17H16O. The van der Waals surface area contributed by atoms with E-state index in [1.165, 1.54) is 5.56 Å². The van der Waals surface area contributed by atoms with E-state index >= 15 is 0 Å². The van der Waals surface area contributed by atoms with Crippen molar-refractivity contribution in [3.05, 3.63) is 71.3 Å². The highest BCUT2D eigenvalue weighted by atomic mass is 16.3. The Morgan fingerprint density at radius 3 is 2.22 bits per heavy atom. The van der Waals surface area contributed by atoms with Gasteiger partial charge in [-0.3, -0.25) is 0 Å². The zero-order valence-corrected chi connectivity index (χ0v) is 10.3. The van der Waals surface area contributed by atoms with Crippen molar-refractivity contribution in [1.82, 2.24) is 0 Å². The molecule has 0 radical (unpaired) electrons. The van der Waals surface area contributed by atoms with Crippen LogP contribution in [0.5, 0.6) is 0 Å². The smallest absolute Gasteiger partial charge is 0.0681 e. The van der Waals surface area contributed by atoms with Gasteiger partial charge in [0.1, 0.15) is 0 Å². The van der Waals surface area contributed by atoms with Crippen molar-refractivity contribution in [1.29, 1.82) is 0 Å². The molecule has 2 aromatic carbocycles. The van der Waals surface area contributed by atoms with Crippen LogP contribution >= 0.6 is 0 Å². The van der Waals surface area contributed by atoms with Crippen molar-refractivity contribution >= 4 is 0 Å². The Morgan fingerprint density at radius 1 is 0.833 bits per heavy atom. The number of hydrogen-bond donors (Lipinski definition) is 1. The molecule has 2 rings (SSSR count). The predicted octanol–water partition coefficient (Wildman–Crippen LogP) is 3.16. The van der Waals surface area contributed by atoms with E-state index in [-0.39, 0.29) is 6.61 Å². The molecule has 0 aromatic heterocycles. The van der Waals surface area contributed by atoms with Gasteiger partial charge in [0.25, 0.3) is 0 Å².